The zero-order valence-electron chi connectivity index (χ0n) is 4.80. The molecular formula is C4H11ClO2S. The maximum atomic E-state index is 8.55. The van der Waals surface area contributed by atoms with Crippen molar-refractivity contribution < 1.29 is 9.11 Å². The highest BCUT2D eigenvalue weighted by Crippen LogP contribution is 2.44. The van der Waals surface area contributed by atoms with Gasteiger partial charge in [-0.1, -0.05) is 13.3 Å². The summed E-state index contributed by atoms with van der Waals surface area (Å²) in [6.45, 7) is 1.97. The lowest BCUT2D eigenvalue weighted by atomic mass is 10.4. The van der Waals surface area contributed by atoms with Crippen molar-refractivity contribution in [2.45, 2.75) is 19.8 Å². The van der Waals surface area contributed by atoms with Crippen molar-refractivity contribution >= 4 is 20.5 Å². The van der Waals surface area contributed by atoms with Gasteiger partial charge in [0.25, 0.3) is 0 Å². The van der Waals surface area contributed by atoms with E-state index in [0.29, 0.717) is 5.75 Å². The standard InChI is InChI=1S/C4H11ClO2S/c1-2-3-4-8(5,6)7/h6-7H,2-4H2,1H3. The van der Waals surface area contributed by atoms with E-state index in [1.54, 1.807) is 0 Å². The third-order valence-electron chi connectivity index (χ3n) is 0.758. The summed E-state index contributed by atoms with van der Waals surface area (Å²) in [6.07, 6.45) is 1.73. The van der Waals surface area contributed by atoms with E-state index in [1.807, 2.05) is 6.92 Å². The summed E-state index contributed by atoms with van der Waals surface area (Å²) >= 11 is 0. The van der Waals surface area contributed by atoms with Crippen molar-refractivity contribution in [2.24, 2.45) is 0 Å². The summed E-state index contributed by atoms with van der Waals surface area (Å²) < 4.78 is 17.1. The fourth-order valence-electron chi connectivity index (χ4n) is 0.328. The molecule has 0 atom stereocenters. The van der Waals surface area contributed by atoms with Crippen molar-refractivity contribution in [3.05, 3.63) is 0 Å². The molecule has 0 aliphatic heterocycles. The fraction of sp³-hybridized carbons (Fsp3) is 1.00. The SMILES string of the molecule is CCCCS(O)(O)Cl. The quantitative estimate of drug-likeness (QED) is 0.663. The van der Waals surface area contributed by atoms with E-state index in [1.165, 1.54) is 0 Å². The van der Waals surface area contributed by atoms with Gasteiger partial charge in [0.05, 0.1) is 5.75 Å². The van der Waals surface area contributed by atoms with Crippen molar-refractivity contribution in [3.63, 3.8) is 0 Å². The lowest BCUT2D eigenvalue weighted by molar-refractivity contribution is 0.504. The fourth-order valence-corrected chi connectivity index (χ4v) is 1.31. The van der Waals surface area contributed by atoms with Gasteiger partial charge < -0.3 is 0 Å². The number of hydrogen-bond acceptors (Lipinski definition) is 2. The zero-order valence-corrected chi connectivity index (χ0v) is 6.37. The molecule has 0 bridgehead atoms. The first-order valence-electron chi connectivity index (χ1n) is 2.52. The molecule has 4 heteroatoms. The van der Waals surface area contributed by atoms with Crippen LogP contribution >= 0.6 is 20.5 Å². The molecule has 0 spiro atoms. The van der Waals surface area contributed by atoms with E-state index in [9.17, 15) is 0 Å². The number of hydrogen-bond donors (Lipinski definition) is 2. The van der Waals surface area contributed by atoms with Crippen LogP contribution in [0.25, 0.3) is 0 Å². The first-order valence-corrected chi connectivity index (χ1v) is 5.06. The third kappa shape index (κ3) is 6.56. The average Bonchev–Trinajstić information content (AvgIpc) is 1.59. The Balaban J connectivity index is 3.11. The second-order valence-corrected chi connectivity index (χ2v) is 4.71. The van der Waals surface area contributed by atoms with Gasteiger partial charge in [-0.3, -0.25) is 9.11 Å². The smallest absolute Gasteiger partial charge is 0.0535 e. The molecule has 8 heavy (non-hydrogen) atoms. The first-order chi connectivity index (χ1) is 3.56. The maximum Gasteiger partial charge on any atom is 0.0535 e. The van der Waals surface area contributed by atoms with Crippen LogP contribution in [0, 0.1) is 0 Å². The van der Waals surface area contributed by atoms with Crippen LogP contribution in [0.4, 0.5) is 0 Å². The second kappa shape index (κ2) is 3.56. The number of halogens is 1. The van der Waals surface area contributed by atoms with Crippen molar-refractivity contribution in [3.8, 4) is 0 Å². The molecule has 0 unspecified atom stereocenters. The molecule has 0 aromatic carbocycles. The average molecular weight is 159 g/mol. The Hall–Kier alpha value is 0.560. The Morgan fingerprint density at radius 3 is 2.12 bits per heavy atom. The van der Waals surface area contributed by atoms with Gasteiger partial charge in [0.1, 0.15) is 0 Å². The predicted octanol–water partition coefficient (Wildman–Crippen LogP) is 2.69. The molecule has 2 N–H and O–H groups in total. The van der Waals surface area contributed by atoms with Gasteiger partial charge >= 0.3 is 0 Å². The van der Waals surface area contributed by atoms with E-state index < -0.39 is 9.80 Å². The highest BCUT2D eigenvalue weighted by molar-refractivity contribution is 8.43. The van der Waals surface area contributed by atoms with Gasteiger partial charge in [0.2, 0.25) is 0 Å². The lowest BCUT2D eigenvalue weighted by Crippen LogP contribution is -1.93. The van der Waals surface area contributed by atoms with Crippen LogP contribution in [-0.4, -0.2) is 14.9 Å². The normalized spacial score (nSPS) is 14.0. The van der Waals surface area contributed by atoms with Crippen LogP contribution in [0.5, 0.6) is 0 Å². The number of unbranched alkanes of at least 4 members (excludes halogenated alkanes) is 1. The van der Waals surface area contributed by atoms with E-state index in [2.05, 4.69) is 0 Å². The highest BCUT2D eigenvalue weighted by Gasteiger charge is 2.03. The third-order valence-corrected chi connectivity index (χ3v) is 2.03. The largest absolute Gasteiger partial charge is 0.285 e. The first kappa shape index (κ1) is 8.56. The number of rotatable bonds is 3. The summed E-state index contributed by atoms with van der Waals surface area (Å²) in [5, 5.41) is 0. The van der Waals surface area contributed by atoms with E-state index in [0.717, 1.165) is 12.8 Å². The summed E-state index contributed by atoms with van der Waals surface area (Å²) in [5.41, 5.74) is 0. The topological polar surface area (TPSA) is 40.5 Å². The molecule has 0 aliphatic rings. The summed E-state index contributed by atoms with van der Waals surface area (Å²) in [6, 6.07) is 0. The van der Waals surface area contributed by atoms with Gasteiger partial charge in [-0.05, 0) is 6.42 Å². The molecule has 0 rings (SSSR count). The monoisotopic (exact) mass is 158 g/mol. The minimum Gasteiger partial charge on any atom is -0.285 e. The zero-order chi connectivity index (χ0) is 6.62. The predicted molar refractivity (Wildman–Crippen MR) is 38.5 cm³/mol. The van der Waals surface area contributed by atoms with Gasteiger partial charge in [-0.25, -0.2) is 0 Å². The molecule has 0 heterocycles. The van der Waals surface area contributed by atoms with Crippen LogP contribution in [0.1, 0.15) is 19.8 Å². The Morgan fingerprint density at radius 2 is 2.00 bits per heavy atom. The van der Waals surface area contributed by atoms with Gasteiger partial charge in [-0.15, -0.1) is 9.80 Å². The molecule has 52 valence electrons. The Labute approximate surface area is 55.7 Å². The molecule has 0 fully saturated rings. The summed E-state index contributed by atoms with van der Waals surface area (Å²) in [5.74, 6) is 0.324. The Kier molecular flexibility index (Phi) is 3.81. The molecule has 0 aromatic heterocycles. The molecule has 0 aromatic rings. The Bertz CT molecular complexity index is 61.5. The summed E-state index contributed by atoms with van der Waals surface area (Å²) in [4.78, 5) is 0. The lowest BCUT2D eigenvalue weighted by Gasteiger charge is -2.21. The highest BCUT2D eigenvalue weighted by atomic mass is 35.7. The minimum absolute atomic E-state index is 0.324. The van der Waals surface area contributed by atoms with Crippen LogP contribution in [-0.2, 0) is 0 Å². The minimum atomic E-state index is -2.71. The van der Waals surface area contributed by atoms with Crippen molar-refractivity contribution in [1.82, 2.24) is 0 Å². The van der Waals surface area contributed by atoms with E-state index in [-0.39, 0.29) is 0 Å². The van der Waals surface area contributed by atoms with Crippen molar-refractivity contribution in [1.29, 1.82) is 0 Å². The Morgan fingerprint density at radius 1 is 1.50 bits per heavy atom. The molecule has 2 nitrogen and oxygen atoms in total. The molecule has 0 radical (unpaired) electrons. The molecule has 0 aliphatic carbocycles. The van der Waals surface area contributed by atoms with Crippen LogP contribution in [0.15, 0.2) is 0 Å². The molecular weight excluding hydrogens is 148 g/mol. The second-order valence-electron chi connectivity index (χ2n) is 1.64. The van der Waals surface area contributed by atoms with Crippen LogP contribution < -0.4 is 0 Å². The van der Waals surface area contributed by atoms with Gasteiger partial charge in [-0.2, -0.15) is 0 Å². The molecule has 0 saturated heterocycles. The van der Waals surface area contributed by atoms with Crippen LogP contribution in [0.2, 0.25) is 0 Å². The molecule has 0 saturated carbocycles. The van der Waals surface area contributed by atoms with Crippen molar-refractivity contribution in [2.75, 3.05) is 5.75 Å². The maximum absolute atomic E-state index is 8.55. The van der Waals surface area contributed by atoms with E-state index in [4.69, 9.17) is 19.8 Å². The molecule has 0 amide bonds. The van der Waals surface area contributed by atoms with E-state index >= 15 is 0 Å². The van der Waals surface area contributed by atoms with Crippen LogP contribution in [0.3, 0.4) is 0 Å². The van der Waals surface area contributed by atoms with Gasteiger partial charge in [0, 0.05) is 10.7 Å². The summed E-state index contributed by atoms with van der Waals surface area (Å²) in [7, 11) is 2.39. The van der Waals surface area contributed by atoms with Gasteiger partial charge in [0.15, 0.2) is 0 Å².